The number of aromatic nitrogens is 2. The molecule has 0 spiro atoms. The number of hydrogen-bond donors (Lipinski definition) is 2. The Balaban J connectivity index is 1.61. The first-order valence-corrected chi connectivity index (χ1v) is 8.15. The highest BCUT2D eigenvalue weighted by Gasteiger charge is 2.30. The van der Waals surface area contributed by atoms with Gasteiger partial charge >= 0.3 is 6.18 Å². The Labute approximate surface area is 153 Å². The van der Waals surface area contributed by atoms with Gasteiger partial charge in [-0.05, 0) is 42.3 Å². The Morgan fingerprint density at radius 1 is 0.889 bits per heavy atom. The molecule has 1 heterocycles. The maximum atomic E-state index is 12.9. The van der Waals surface area contributed by atoms with E-state index in [2.05, 4.69) is 20.6 Å². The molecule has 0 fully saturated rings. The monoisotopic (exact) mass is 376 g/mol. The average molecular weight is 376 g/mol. The lowest BCUT2D eigenvalue weighted by molar-refractivity contribution is -0.137. The van der Waals surface area contributed by atoms with Gasteiger partial charge in [0.2, 0.25) is 0 Å². The van der Waals surface area contributed by atoms with Gasteiger partial charge in [-0.15, -0.1) is 0 Å². The van der Waals surface area contributed by atoms with Crippen molar-refractivity contribution in [3.8, 4) is 0 Å². The van der Waals surface area contributed by atoms with Crippen LogP contribution in [0.3, 0.4) is 0 Å². The second-order valence-corrected chi connectivity index (χ2v) is 5.80. The Hall–Kier alpha value is -3.16. The molecule has 0 aliphatic carbocycles. The van der Waals surface area contributed by atoms with Crippen molar-refractivity contribution in [2.75, 3.05) is 17.2 Å². The maximum absolute atomic E-state index is 12.9. The number of anilines is 3. The zero-order valence-corrected chi connectivity index (χ0v) is 14.1. The highest BCUT2D eigenvalue weighted by atomic mass is 19.4. The quantitative estimate of drug-likeness (QED) is 0.592. The third-order valence-corrected chi connectivity index (χ3v) is 3.76. The van der Waals surface area contributed by atoms with E-state index in [4.69, 9.17) is 0 Å². The van der Waals surface area contributed by atoms with Crippen LogP contribution in [0.25, 0.3) is 0 Å². The number of nitrogens with one attached hydrogen (secondary N) is 2. The van der Waals surface area contributed by atoms with Crippen molar-refractivity contribution in [3.63, 3.8) is 0 Å². The van der Waals surface area contributed by atoms with E-state index in [1.54, 1.807) is 18.2 Å². The molecule has 1 aromatic heterocycles. The number of rotatable bonds is 6. The molecule has 0 amide bonds. The van der Waals surface area contributed by atoms with Crippen LogP contribution in [0.15, 0.2) is 60.9 Å². The highest BCUT2D eigenvalue weighted by molar-refractivity contribution is 5.59. The van der Waals surface area contributed by atoms with Crippen molar-refractivity contribution >= 4 is 17.3 Å². The van der Waals surface area contributed by atoms with E-state index < -0.39 is 11.7 Å². The third-order valence-electron chi connectivity index (χ3n) is 3.76. The van der Waals surface area contributed by atoms with Crippen LogP contribution in [0.5, 0.6) is 0 Å². The molecule has 0 saturated heterocycles. The van der Waals surface area contributed by atoms with Crippen molar-refractivity contribution in [2.24, 2.45) is 0 Å². The summed E-state index contributed by atoms with van der Waals surface area (Å²) < 4.78 is 51.2. The van der Waals surface area contributed by atoms with Gasteiger partial charge in [0.05, 0.1) is 5.56 Å². The van der Waals surface area contributed by atoms with Crippen molar-refractivity contribution < 1.29 is 17.6 Å². The van der Waals surface area contributed by atoms with Crippen molar-refractivity contribution in [2.45, 2.75) is 12.6 Å². The molecule has 0 aliphatic rings. The van der Waals surface area contributed by atoms with Gasteiger partial charge < -0.3 is 10.6 Å². The van der Waals surface area contributed by atoms with Gasteiger partial charge in [-0.1, -0.05) is 18.2 Å². The van der Waals surface area contributed by atoms with Gasteiger partial charge in [-0.2, -0.15) is 13.2 Å². The van der Waals surface area contributed by atoms with Gasteiger partial charge in [0.1, 0.15) is 23.8 Å². The molecule has 2 N–H and O–H groups in total. The van der Waals surface area contributed by atoms with Crippen molar-refractivity contribution in [1.82, 2.24) is 9.97 Å². The number of nitrogens with zero attached hydrogens (tertiary/aromatic N) is 2. The molecule has 27 heavy (non-hydrogen) atoms. The summed E-state index contributed by atoms with van der Waals surface area (Å²) in [5.41, 5.74) is 0.514. The molecule has 140 valence electrons. The summed E-state index contributed by atoms with van der Waals surface area (Å²) in [5, 5.41) is 5.94. The lowest BCUT2D eigenvalue weighted by Crippen LogP contribution is -2.07. The smallest absolute Gasteiger partial charge is 0.370 e. The van der Waals surface area contributed by atoms with E-state index >= 15 is 0 Å². The van der Waals surface area contributed by atoms with Crippen LogP contribution in [0, 0.1) is 5.82 Å². The minimum atomic E-state index is -4.41. The lowest BCUT2D eigenvalue weighted by atomic mass is 10.1. The minimum absolute atomic E-state index is 0.279. The van der Waals surface area contributed by atoms with Crippen LogP contribution in [-0.4, -0.2) is 16.5 Å². The van der Waals surface area contributed by atoms with Crippen LogP contribution < -0.4 is 10.6 Å². The number of benzene rings is 2. The number of alkyl halides is 3. The molecule has 0 aliphatic heterocycles. The summed E-state index contributed by atoms with van der Waals surface area (Å²) in [7, 11) is 0. The van der Waals surface area contributed by atoms with Crippen molar-refractivity contribution in [1.29, 1.82) is 0 Å². The molecule has 0 unspecified atom stereocenters. The SMILES string of the molecule is Fc1ccc(CCNc2cc(Nc3cccc(C(F)(F)F)c3)ncn2)cc1. The Bertz CT molecular complexity index is 895. The molecule has 0 radical (unpaired) electrons. The van der Waals surface area contributed by atoms with Gasteiger partial charge in [-0.25, -0.2) is 14.4 Å². The summed E-state index contributed by atoms with van der Waals surface area (Å²) in [4.78, 5) is 8.10. The van der Waals surface area contributed by atoms with E-state index in [1.807, 2.05) is 0 Å². The summed E-state index contributed by atoms with van der Waals surface area (Å²) in [5.74, 6) is 0.614. The highest BCUT2D eigenvalue weighted by Crippen LogP contribution is 2.31. The molecule has 2 aromatic carbocycles. The van der Waals surface area contributed by atoms with Crippen LogP contribution in [0.2, 0.25) is 0 Å². The number of halogens is 4. The van der Waals surface area contributed by atoms with E-state index in [1.165, 1.54) is 30.6 Å². The maximum Gasteiger partial charge on any atom is 0.416 e. The van der Waals surface area contributed by atoms with Gasteiger partial charge in [0, 0.05) is 18.3 Å². The Morgan fingerprint density at radius 2 is 1.63 bits per heavy atom. The molecule has 0 atom stereocenters. The first kappa shape index (κ1) is 18.6. The van der Waals surface area contributed by atoms with Gasteiger partial charge in [-0.3, -0.25) is 0 Å². The standard InChI is InChI=1S/C19H16F4N4/c20-15-6-4-13(5-7-15)8-9-24-17-11-18(26-12-25-17)27-16-3-1-2-14(10-16)19(21,22)23/h1-7,10-12H,8-9H2,(H2,24,25,26,27). The predicted octanol–water partition coefficient (Wildman–Crippen LogP) is 5.03. The average Bonchev–Trinajstić information content (AvgIpc) is 2.63. The zero-order valence-electron chi connectivity index (χ0n) is 14.1. The van der Waals surface area contributed by atoms with Gasteiger partial charge in [0.15, 0.2) is 0 Å². The lowest BCUT2D eigenvalue weighted by Gasteiger charge is -2.11. The summed E-state index contributed by atoms with van der Waals surface area (Å²) in [6.07, 6.45) is -2.42. The fraction of sp³-hybridized carbons (Fsp3) is 0.158. The van der Waals surface area contributed by atoms with Crippen LogP contribution in [0.4, 0.5) is 34.9 Å². The van der Waals surface area contributed by atoms with Gasteiger partial charge in [0.25, 0.3) is 0 Å². The molecular formula is C19H16F4N4. The van der Waals surface area contributed by atoms with Crippen LogP contribution >= 0.6 is 0 Å². The predicted molar refractivity (Wildman–Crippen MR) is 95.4 cm³/mol. The largest absolute Gasteiger partial charge is 0.416 e. The molecule has 0 bridgehead atoms. The second kappa shape index (κ2) is 8.03. The number of hydrogen-bond acceptors (Lipinski definition) is 4. The van der Waals surface area contributed by atoms with E-state index in [0.29, 0.717) is 24.6 Å². The summed E-state index contributed by atoms with van der Waals surface area (Å²) in [6, 6.07) is 12.7. The fourth-order valence-electron chi connectivity index (χ4n) is 2.43. The summed E-state index contributed by atoms with van der Waals surface area (Å²) >= 11 is 0. The summed E-state index contributed by atoms with van der Waals surface area (Å²) in [6.45, 7) is 0.561. The molecule has 3 rings (SSSR count). The van der Waals surface area contributed by atoms with E-state index in [0.717, 1.165) is 17.7 Å². The van der Waals surface area contributed by atoms with Crippen molar-refractivity contribution in [3.05, 3.63) is 77.9 Å². The molecule has 3 aromatic rings. The van der Waals surface area contributed by atoms with Crippen LogP contribution in [-0.2, 0) is 12.6 Å². The molecule has 0 saturated carbocycles. The molecule has 8 heteroatoms. The van der Waals surface area contributed by atoms with Crippen LogP contribution in [0.1, 0.15) is 11.1 Å². The van der Waals surface area contributed by atoms with E-state index in [-0.39, 0.29) is 11.5 Å². The minimum Gasteiger partial charge on any atom is -0.370 e. The molecule has 4 nitrogen and oxygen atoms in total. The third kappa shape index (κ3) is 5.40. The Kier molecular flexibility index (Phi) is 5.54. The fourth-order valence-corrected chi connectivity index (χ4v) is 2.43. The Morgan fingerprint density at radius 3 is 2.37 bits per heavy atom. The zero-order chi connectivity index (χ0) is 19.3. The normalized spacial score (nSPS) is 11.3. The first-order valence-electron chi connectivity index (χ1n) is 8.15. The molecular weight excluding hydrogens is 360 g/mol. The second-order valence-electron chi connectivity index (χ2n) is 5.80. The van der Waals surface area contributed by atoms with E-state index in [9.17, 15) is 17.6 Å². The first-order chi connectivity index (χ1) is 12.9. The topological polar surface area (TPSA) is 49.8 Å².